The van der Waals surface area contributed by atoms with E-state index in [9.17, 15) is 4.79 Å². The summed E-state index contributed by atoms with van der Waals surface area (Å²) < 4.78 is 0. The number of rotatable bonds is 2. The maximum absolute atomic E-state index is 11.9. The van der Waals surface area contributed by atoms with Crippen LogP contribution in [0.1, 0.15) is 60.1 Å². The lowest BCUT2D eigenvalue weighted by Crippen LogP contribution is -2.49. The summed E-state index contributed by atoms with van der Waals surface area (Å²) in [5.41, 5.74) is 4.84. The highest BCUT2D eigenvalue weighted by molar-refractivity contribution is 5.99. The number of fused-ring (bicyclic) bond motifs is 1. The zero-order chi connectivity index (χ0) is 14.9. The molecule has 4 bridgehead atoms. The van der Waals surface area contributed by atoms with Gasteiger partial charge in [-0.1, -0.05) is 11.6 Å². The molecule has 1 aromatic heterocycles. The Morgan fingerprint density at radius 1 is 1.09 bits per heavy atom. The maximum atomic E-state index is 11.9. The highest BCUT2D eigenvalue weighted by Gasteiger charge is 2.53. The molecule has 2 aromatic rings. The zero-order valence-corrected chi connectivity index (χ0v) is 13.2. The van der Waals surface area contributed by atoms with Crippen LogP contribution in [-0.4, -0.2) is 11.3 Å². The molecule has 0 saturated heterocycles. The number of aryl methyl sites for hydroxylation is 1. The number of carbonyl (C=O) groups is 1. The zero-order valence-electron chi connectivity index (χ0n) is 13.2. The van der Waals surface area contributed by atoms with Gasteiger partial charge >= 0.3 is 0 Å². The van der Waals surface area contributed by atoms with Crippen LogP contribution in [0.2, 0.25) is 0 Å². The minimum Gasteiger partial charge on any atom is -0.357 e. The molecule has 1 heterocycles. The van der Waals surface area contributed by atoms with E-state index in [1.165, 1.54) is 49.8 Å². The molecule has 2 heteroatoms. The van der Waals surface area contributed by atoms with Gasteiger partial charge < -0.3 is 4.98 Å². The summed E-state index contributed by atoms with van der Waals surface area (Å²) in [5, 5.41) is 1.13. The highest BCUT2D eigenvalue weighted by Crippen LogP contribution is 2.61. The molecule has 114 valence electrons. The summed E-state index contributed by atoms with van der Waals surface area (Å²) in [6.45, 7) is 2.10. The summed E-state index contributed by atoms with van der Waals surface area (Å²) in [5.74, 6) is 2.71. The highest BCUT2D eigenvalue weighted by atomic mass is 16.1. The number of aromatic nitrogens is 1. The summed E-state index contributed by atoms with van der Waals surface area (Å²) >= 11 is 0. The Bertz CT molecular complexity index is 734. The number of hydrogen-bond donors (Lipinski definition) is 1. The van der Waals surface area contributed by atoms with Crippen LogP contribution in [0, 0.1) is 24.7 Å². The molecule has 0 unspecified atom stereocenters. The molecule has 0 radical (unpaired) electrons. The smallest absolute Gasteiger partial charge is 0.152 e. The monoisotopic (exact) mass is 293 g/mol. The number of aldehydes is 1. The molecule has 22 heavy (non-hydrogen) atoms. The molecule has 1 aromatic carbocycles. The molecule has 4 fully saturated rings. The fourth-order valence-corrected chi connectivity index (χ4v) is 6.28. The van der Waals surface area contributed by atoms with Crippen LogP contribution < -0.4 is 0 Å². The Morgan fingerprint density at radius 3 is 2.32 bits per heavy atom. The largest absolute Gasteiger partial charge is 0.357 e. The Balaban J connectivity index is 1.72. The van der Waals surface area contributed by atoms with Crippen molar-refractivity contribution in [3.05, 3.63) is 35.0 Å². The van der Waals surface area contributed by atoms with Gasteiger partial charge in [-0.3, -0.25) is 4.79 Å². The van der Waals surface area contributed by atoms with Gasteiger partial charge in [-0.15, -0.1) is 0 Å². The molecule has 0 amide bonds. The molecule has 4 saturated carbocycles. The third-order valence-electron chi connectivity index (χ3n) is 6.68. The Labute approximate surface area is 131 Å². The van der Waals surface area contributed by atoms with Crippen LogP contribution in [-0.2, 0) is 5.41 Å². The molecule has 2 nitrogen and oxygen atoms in total. The minimum atomic E-state index is 0.262. The molecule has 4 aliphatic rings. The van der Waals surface area contributed by atoms with Crippen LogP contribution in [0.25, 0.3) is 10.9 Å². The van der Waals surface area contributed by atoms with E-state index >= 15 is 0 Å². The second-order valence-electron chi connectivity index (χ2n) is 8.28. The van der Waals surface area contributed by atoms with Crippen molar-refractivity contribution in [2.45, 2.75) is 50.9 Å². The average molecular weight is 293 g/mol. The molecule has 0 spiro atoms. The Kier molecular flexibility index (Phi) is 2.49. The van der Waals surface area contributed by atoms with E-state index in [0.29, 0.717) is 0 Å². The van der Waals surface area contributed by atoms with Crippen LogP contribution >= 0.6 is 0 Å². The standard InChI is InChI=1S/C20H23NO/c1-12-2-3-18-16(4-12)17(11-22)19(21-18)20-8-13-5-14(9-20)7-15(6-13)10-20/h2-4,11,13-15,21H,5-10H2,1H3. The van der Waals surface area contributed by atoms with Crippen molar-refractivity contribution in [3.8, 4) is 0 Å². The lowest BCUT2D eigenvalue weighted by Gasteiger charge is -2.56. The third kappa shape index (κ3) is 1.64. The van der Waals surface area contributed by atoms with Gasteiger partial charge in [-0.25, -0.2) is 0 Å². The van der Waals surface area contributed by atoms with E-state index < -0.39 is 0 Å². The number of carbonyl (C=O) groups excluding carboxylic acids is 1. The maximum Gasteiger partial charge on any atom is 0.152 e. The van der Waals surface area contributed by atoms with E-state index in [-0.39, 0.29) is 5.41 Å². The molecule has 0 atom stereocenters. The van der Waals surface area contributed by atoms with E-state index in [1.807, 2.05) is 0 Å². The lowest BCUT2D eigenvalue weighted by atomic mass is 9.48. The first kappa shape index (κ1) is 12.9. The van der Waals surface area contributed by atoms with Crippen LogP contribution in [0.5, 0.6) is 0 Å². The number of nitrogens with one attached hydrogen (secondary N) is 1. The van der Waals surface area contributed by atoms with Crippen LogP contribution in [0.4, 0.5) is 0 Å². The normalized spacial score (nSPS) is 36.1. The second-order valence-corrected chi connectivity index (χ2v) is 8.28. The quantitative estimate of drug-likeness (QED) is 0.796. The summed E-state index contributed by atoms with van der Waals surface area (Å²) in [6, 6.07) is 6.44. The van der Waals surface area contributed by atoms with Gasteiger partial charge in [0.15, 0.2) is 6.29 Å². The fourth-order valence-electron chi connectivity index (χ4n) is 6.28. The average Bonchev–Trinajstić information content (AvgIpc) is 2.84. The van der Waals surface area contributed by atoms with Crippen LogP contribution in [0.3, 0.4) is 0 Å². The number of aromatic amines is 1. The van der Waals surface area contributed by atoms with Gasteiger partial charge in [0.2, 0.25) is 0 Å². The first-order chi connectivity index (χ1) is 10.7. The minimum absolute atomic E-state index is 0.262. The number of benzene rings is 1. The third-order valence-corrected chi connectivity index (χ3v) is 6.68. The molecular weight excluding hydrogens is 270 g/mol. The van der Waals surface area contributed by atoms with Crippen molar-refractivity contribution in [2.75, 3.05) is 0 Å². The summed E-state index contributed by atoms with van der Waals surface area (Å²) in [6.07, 6.45) is 9.31. The topological polar surface area (TPSA) is 32.9 Å². The predicted molar refractivity (Wildman–Crippen MR) is 88.3 cm³/mol. The summed E-state index contributed by atoms with van der Waals surface area (Å²) in [4.78, 5) is 15.6. The Hall–Kier alpha value is -1.57. The van der Waals surface area contributed by atoms with Gasteiger partial charge in [0.1, 0.15) is 0 Å². The van der Waals surface area contributed by atoms with E-state index in [0.717, 1.165) is 40.5 Å². The van der Waals surface area contributed by atoms with Gasteiger partial charge in [-0.2, -0.15) is 0 Å². The molecule has 1 N–H and O–H groups in total. The van der Waals surface area contributed by atoms with Gasteiger partial charge in [0.25, 0.3) is 0 Å². The first-order valence-corrected chi connectivity index (χ1v) is 8.75. The van der Waals surface area contributed by atoms with Crippen molar-refractivity contribution in [1.82, 2.24) is 4.98 Å². The van der Waals surface area contributed by atoms with Crippen molar-refractivity contribution < 1.29 is 4.79 Å². The van der Waals surface area contributed by atoms with E-state index in [2.05, 4.69) is 30.1 Å². The fraction of sp³-hybridized carbons (Fsp3) is 0.550. The number of hydrogen-bond acceptors (Lipinski definition) is 1. The first-order valence-electron chi connectivity index (χ1n) is 8.75. The summed E-state index contributed by atoms with van der Waals surface area (Å²) in [7, 11) is 0. The van der Waals surface area contributed by atoms with Crippen molar-refractivity contribution in [2.24, 2.45) is 17.8 Å². The Morgan fingerprint density at radius 2 is 1.73 bits per heavy atom. The SMILES string of the molecule is Cc1ccc2[nH]c(C34CC5CC(CC(C5)C3)C4)c(C=O)c2c1. The van der Waals surface area contributed by atoms with Crippen molar-refractivity contribution in [3.63, 3.8) is 0 Å². The number of H-pyrrole nitrogens is 1. The van der Waals surface area contributed by atoms with Crippen LogP contribution in [0.15, 0.2) is 18.2 Å². The molecular formula is C20H23NO. The van der Waals surface area contributed by atoms with E-state index in [1.54, 1.807) is 0 Å². The molecule has 4 aliphatic carbocycles. The predicted octanol–water partition coefficient (Wildman–Crippen LogP) is 4.76. The molecule has 6 rings (SSSR count). The van der Waals surface area contributed by atoms with Gasteiger partial charge in [0.05, 0.1) is 0 Å². The van der Waals surface area contributed by atoms with E-state index in [4.69, 9.17) is 0 Å². The van der Waals surface area contributed by atoms with Crippen molar-refractivity contribution >= 4 is 17.2 Å². The van der Waals surface area contributed by atoms with Gasteiger partial charge in [-0.05, 0) is 75.3 Å². The van der Waals surface area contributed by atoms with Gasteiger partial charge in [0, 0.05) is 27.6 Å². The lowest BCUT2D eigenvalue weighted by molar-refractivity contribution is -0.00710. The molecule has 0 aliphatic heterocycles. The second kappa shape index (κ2) is 4.24. The van der Waals surface area contributed by atoms with Crippen molar-refractivity contribution in [1.29, 1.82) is 0 Å².